The first-order valence-corrected chi connectivity index (χ1v) is 7.39. The van der Waals surface area contributed by atoms with Crippen LogP contribution in [0.15, 0.2) is 29.6 Å². The molecule has 1 aromatic heterocycles. The van der Waals surface area contributed by atoms with Crippen LogP contribution in [0.3, 0.4) is 0 Å². The van der Waals surface area contributed by atoms with Crippen LogP contribution >= 0.6 is 11.3 Å². The third-order valence-electron chi connectivity index (χ3n) is 2.80. The number of ether oxygens (including phenoxy) is 1. The van der Waals surface area contributed by atoms with Crippen molar-refractivity contribution in [3.05, 3.63) is 45.9 Å². The van der Waals surface area contributed by atoms with Crippen molar-refractivity contribution < 1.29 is 9.84 Å². The van der Waals surface area contributed by atoms with Gasteiger partial charge in [0.05, 0.1) is 23.9 Å². The number of hydrogen-bond donors (Lipinski definition) is 1. The van der Waals surface area contributed by atoms with Gasteiger partial charge in [-0.25, -0.2) is 4.98 Å². The molecule has 0 aliphatic heterocycles. The van der Waals surface area contributed by atoms with E-state index in [0.29, 0.717) is 0 Å². The van der Waals surface area contributed by atoms with Gasteiger partial charge in [0.2, 0.25) is 0 Å². The molecule has 0 amide bonds. The van der Waals surface area contributed by atoms with Gasteiger partial charge in [-0.05, 0) is 43.9 Å². The molecular weight excluding hydrogens is 258 g/mol. The normalized spacial score (nSPS) is 10.6. The Balaban J connectivity index is 1.64. The molecule has 1 heterocycles. The monoisotopic (exact) mass is 277 g/mol. The Morgan fingerprint density at radius 3 is 2.95 bits per heavy atom. The van der Waals surface area contributed by atoms with Gasteiger partial charge in [-0.2, -0.15) is 0 Å². The standard InChI is InChI=1S/C15H19NO2S/c1-12-5-4-6-14(9-12)18-8-3-2-7-15-16-13(10-17)11-19-15/h4-6,9,11,17H,2-3,7-8,10H2,1H3. The highest BCUT2D eigenvalue weighted by atomic mass is 32.1. The van der Waals surface area contributed by atoms with Crippen LogP contribution in [0.2, 0.25) is 0 Å². The summed E-state index contributed by atoms with van der Waals surface area (Å²) in [5.41, 5.74) is 1.99. The molecule has 0 radical (unpaired) electrons. The molecule has 3 nitrogen and oxygen atoms in total. The fraction of sp³-hybridized carbons (Fsp3) is 0.400. The quantitative estimate of drug-likeness (QED) is 0.789. The van der Waals surface area contributed by atoms with Crippen molar-refractivity contribution in [1.82, 2.24) is 4.98 Å². The zero-order chi connectivity index (χ0) is 13.5. The highest BCUT2D eigenvalue weighted by Crippen LogP contribution is 2.15. The Morgan fingerprint density at radius 1 is 1.32 bits per heavy atom. The van der Waals surface area contributed by atoms with Crippen LogP contribution in [-0.2, 0) is 13.0 Å². The second kappa shape index (κ2) is 7.26. The van der Waals surface area contributed by atoms with Gasteiger partial charge < -0.3 is 9.84 Å². The van der Waals surface area contributed by atoms with E-state index in [-0.39, 0.29) is 6.61 Å². The van der Waals surface area contributed by atoms with E-state index in [1.54, 1.807) is 11.3 Å². The summed E-state index contributed by atoms with van der Waals surface area (Å²) < 4.78 is 5.69. The maximum atomic E-state index is 8.93. The average Bonchev–Trinajstić information content (AvgIpc) is 2.86. The summed E-state index contributed by atoms with van der Waals surface area (Å²) in [5, 5.41) is 11.9. The van der Waals surface area contributed by atoms with Crippen LogP contribution in [0.25, 0.3) is 0 Å². The maximum Gasteiger partial charge on any atom is 0.119 e. The SMILES string of the molecule is Cc1cccc(OCCCCc2nc(CO)cs2)c1. The van der Waals surface area contributed by atoms with E-state index in [4.69, 9.17) is 9.84 Å². The third-order valence-corrected chi connectivity index (χ3v) is 3.76. The maximum absolute atomic E-state index is 8.93. The smallest absolute Gasteiger partial charge is 0.119 e. The molecule has 2 rings (SSSR count). The van der Waals surface area contributed by atoms with Crippen molar-refractivity contribution in [2.45, 2.75) is 32.8 Å². The zero-order valence-corrected chi connectivity index (χ0v) is 11.9. The molecule has 0 aliphatic rings. The van der Waals surface area contributed by atoms with E-state index in [0.717, 1.165) is 42.3 Å². The van der Waals surface area contributed by atoms with Crippen molar-refractivity contribution in [3.8, 4) is 5.75 Å². The number of unbranched alkanes of at least 4 members (excludes halogenated alkanes) is 1. The van der Waals surface area contributed by atoms with Gasteiger partial charge >= 0.3 is 0 Å². The molecule has 0 atom stereocenters. The van der Waals surface area contributed by atoms with Crippen LogP contribution in [0.4, 0.5) is 0 Å². The topological polar surface area (TPSA) is 42.4 Å². The molecule has 4 heteroatoms. The summed E-state index contributed by atoms with van der Waals surface area (Å²) in [7, 11) is 0. The fourth-order valence-corrected chi connectivity index (χ4v) is 2.64. The molecule has 19 heavy (non-hydrogen) atoms. The molecule has 0 bridgehead atoms. The number of aliphatic hydroxyl groups excluding tert-OH is 1. The van der Waals surface area contributed by atoms with Crippen LogP contribution < -0.4 is 4.74 Å². The Morgan fingerprint density at radius 2 is 2.21 bits per heavy atom. The lowest BCUT2D eigenvalue weighted by Crippen LogP contribution is -1.98. The lowest BCUT2D eigenvalue weighted by molar-refractivity contribution is 0.277. The second-order valence-electron chi connectivity index (χ2n) is 4.51. The lowest BCUT2D eigenvalue weighted by atomic mass is 10.2. The van der Waals surface area contributed by atoms with Gasteiger partial charge in [-0.3, -0.25) is 0 Å². The molecule has 1 aromatic carbocycles. The van der Waals surface area contributed by atoms with Crippen LogP contribution in [0, 0.1) is 6.92 Å². The van der Waals surface area contributed by atoms with Crippen molar-refractivity contribution in [2.75, 3.05) is 6.61 Å². The first-order valence-electron chi connectivity index (χ1n) is 6.51. The Kier molecular flexibility index (Phi) is 5.36. The van der Waals surface area contributed by atoms with Gasteiger partial charge in [0.1, 0.15) is 5.75 Å². The molecular formula is C15H19NO2S. The minimum atomic E-state index is 0.0347. The number of rotatable bonds is 7. The predicted molar refractivity (Wildman–Crippen MR) is 77.6 cm³/mol. The summed E-state index contributed by atoms with van der Waals surface area (Å²) >= 11 is 1.62. The Labute approximate surface area is 117 Å². The highest BCUT2D eigenvalue weighted by Gasteiger charge is 2.01. The molecule has 0 saturated heterocycles. The van der Waals surface area contributed by atoms with Crippen LogP contribution in [-0.4, -0.2) is 16.7 Å². The third kappa shape index (κ3) is 4.65. The molecule has 0 saturated carbocycles. The van der Waals surface area contributed by atoms with Crippen molar-refractivity contribution in [2.24, 2.45) is 0 Å². The van der Waals surface area contributed by atoms with Crippen LogP contribution in [0.5, 0.6) is 5.75 Å². The van der Waals surface area contributed by atoms with Crippen LogP contribution in [0.1, 0.15) is 29.1 Å². The molecule has 0 aliphatic carbocycles. The van der Waals surface area contributed by atoms with Gasteiger partial charge in [0, 0.05) is 5.38 Å². The van der Waals surface area contributed by atoms with E-state index in [1.807, 2.05) is 23.6 Å². The molecule has 102 valence electrons. The minimum absolute atomic E-state index is 0.0347. The number of hydrogen-bond acceptors (Lipinski definition) is 4. The van der Waals surface area contributed by atoms with Crippen molar-refractivity contribution in [3.63, 3.8) is 0 Å². The highest BCUT2D eigenvalue weighted by molar-refractivity contribution is 7.09. The Bertz CT molecular complexity index is 510. The van der Waals surface area contributed by atoms with E-state index in [1.165, 1.54) is 5.56 Å². The second-order valence-corrected chi connectivity index (χ2v) is 5.46. The van der Waals surface area contributed by atoms with Crippen molar-refractivity contribution in [1.29, 1.82) is 0 Å². The summed E-state index contributed by atoms with van der Waals surface area (Å²) in [6.07, 6.45) is 3.04. The lowest BCUT2D eigenvalue weighted by Gasteiger charge is -2.06. The van der Waals surface area contributed by atoms with Gasteiger partial charge in [-0.1, -0.05) is 12.1 Å². The van der Waals surface area contributed by atoms with Gasteiger partial charge in [0.25, 0.3) is 0 Å². The molecule has 0 unspecified atom stereocenters. The number of aliphatic hydroxyl groups is 1. The largest absolute Gasteiger partial charge is 0.494 e. The van der Waals surface area contributed by atoms with Gasteiger partial charge in [0.15, 0.2) is 0 Å². The fourth-order valence-electron chi connectivity index (χ4n) is 1.81. The number of thiazole rings is 1. The number of aromatic nitrogens is 1. The average molecular weight is 277 g/mol. The molecule has 0 fully saturated rings. The Hall–Kier alpha value is -1.39. The first-order chi connectivity index (χ1) is 9.28. The summed E-state index contributed by atoms with van der Waals surface area (Å²) in [6.45, 7) is 2.84. The van der Waals surface area contributed by atoms with E-state index in [9.17, 15) is 0 Å². The minimum Gasteiger partial charge on any atom is -0.494 e. The molecule has 2 aromatic rings. The first kappa shape index (κ1) is 14.0. The van der Waals surface area contributed by atoms with Gasteiger partial charge in [-0.15, -0.1) is 11.3 Å². The van der Waals surface area contributed by atoms with E-state index >= 15 is 0 Å². The molecule has 1 N–H and O–H groups in total. The summed E-state index contributed by atoms with van der Waals surface area (Å²) in [4.78, 5) is 4.32. The van der Waals surface area contributed by atoms with E-state index < -0.39 is 0 Å². The zero-order valence-electron chi connectivity index (χ0n) is 11.1. The van der Waals surface area contributed by atoms with Crippen molar-refractivity contribution >= 4 is 11.3 Å². The number of benzene rings is 1. The van der Waals surface area contributed by atoms with E-state index in [2.05, 4.69) is 18.0 Å². The number of aryl methyl sites for hydroxylation is 2. The number of nitrogens with zero attached hydrogens (tertiary/aromatic N) is 1. The molecule has 0 spiro atoms. The summed E-state index contributed by atoms with van der Waals surface area (Å²) in [6, 6.07) is 8.11. The summed E-state index contributed by atoms with van der Waals surface area (Å²) in [5.74, 6) is 0.941. The predicted octanol–water partition coefficient (Wildman–Crippen LogP) is 3.35.